The molecule has 0 spiro atoms. The first-order chi connectivity index (χ1) is 12.4. The lowest BCUT2D eigenvalue weighted by atomic mass is 10.1. The zero-order chi connectivity index (χ0) is 18.8. The van der Waals surface area contributed by atoms with Crippen molar-refractivity contribution in [3.8, 4) is 11.5 Å². The Morgan fingerprint density at radius 2 is 1.81 bits per heavy atom. The Morgan fingerprint density at radius 1 is 1.12 bits per heavy atom. The second kappa shape index (κ2) is 7.19. The first kappa shape index (κ1) is 18.0. The van der Waals surface area contributed by atoms with E-state index < -0.39 is 17.9 Å². The Bertz CT molecular complexity index is 926. The molecular formula is C18H13NO5S2. The Balaban J connectivity index is 1.96. The van der Waals surface area contributed by atoms with E-state index in [4.69, 9.17) is 12.2 Å². The molecule has 0 aliphatic carbocycles. The molecule has 2 aromatic carbocycles. The maximum atomic E-state index is 12.8. The molecule has 1 heterocycles. The highest BCUT2D eigenvalue weighted by Crippen LogP contribution is 2.39. The van der Waals surface area contributed by atoms with Crippen LogP contribution in [0.5, 0.6) is 11.5 Å². The van der Waals surface area contributed by atoms with E-state index in [0.29, 0.717) is 11.1 Å². The van der Waals surface area contributed by atoms with Crippen molar-refractivity contribution in [2.45, 2.75) is 6.04 Å². The van der Waals surface area contributed by atoms with Crippen molar-refractivity contribution < 1.29 is 24.9 Å². The van der Waals surface area contributed by atoms with Crippen LogP contribution in [0.1, 0.15) is 17.2 Å². The average Bonchev–Trinajstić information content (AvgIpc) is 2.87. The molecule has 1 aliphatic rings. The zero-order valence-corrected chi connectivity index (χ0v) is 14.8. The highest BCUT2D eigenvalue weighted by atomic mass is 32.2. The minimum absolute atomic E-state index is 0.139. The van der Waals surface area contributed by atoms with Gasteiger partial charge >= 0.3 is 5.97 Å². The van der Waals surface area contributed by atoms with Crippen LogP contribution in [0.25, 0.3) is 6.08 Å². The van der Waals surface area contributed by atoms with Crippen LogP contribution in [0.4, 0.5) is 0 Å². The summed E-state index contributed by atoms with van der Waals surface area (Å²) < 4.78 is 0.139. The summed E-state index contributed by atoms with van der Waals surface area (Å²) in [4.78, 5) is 25.9. The number of thioether (sulfide) groups is 1. The van der Waals surface area contributed by atoms with Crippen LogP contribution in [0, 0.1) is 0 Å². The molecule has 1 amide bonds. The van der Waals surface area contributed by atoms with Crippen molar-refractivity contribution in [2.75, 3.05) is 0 Å². The van der Waals surface area contributed by atoms with Crippen LogP contribution >= 0.6 is 24.0 Å². The van der Waals surface area contributed by atoms with Crippen molar-refractivity contribution >= 4 is 46.3 Å². The molecular weight excluding hydrogens is 374 g/mol. The lowest BCUT2D eigenvalue weighted by Crippen LogP contribution is -2.37. The normalized spacial score (nSPS) is 16.9. The Labute approximate surface area is 158 Å². The van der Waals surface area contributed by atoms with Gasteiger partial charge in [0.25, 0.3) is 5.91 Å². The third kappa shape index (κ3) is 3.42. The molecule has 26 heavy (non-hydrogen) atoms. The monoisotopic (exact) mass is 387 g/mol. The van der Waals surface area contributed by atoms with Gasteiger partial charge in [0, 0.05) is 0 Å². The predicted molar refractivity (Wildman–Crippen MR) is 102 cm³/mol. The number of aromatic hydroxyl groups is 2. The lowest BCUT2D eigenvalue weighted by Gasteiger charge is -2.23. The first-order valence-electron chi connectivity index (χ1n) is 7.45. The summed E-state index contributed by atoms with van der Waals surface area (Å²) in [5.41, 5.74) is 0.923. The molecule has 2 aromatic rings. The quantitative estimate of drug-likeness (QED) is 0.421. The lowest BCUT2D eigenvalue weighted by molar-refractivity contribution is -0.145. The minimum Gasteiger partial charge on any atom is -0.504 e. The maximum Gasteiger partial charge on any atom is 0.331 e. The number of hydrogen-bond donors (Lipinski definition) is 3. The van der Waals surface area contributed by atoms with Gasteiger partial charge in [0.1, 0.15) is 4.32 Å². The van der Waals surface area contributed by atoms with Gasteiger partial charge in [-0.05, 0) is 29.3 Å². The molecule has 0 bridgehead atoms. The van der Waals surface area contributed by atoms with Gasteiger partial charge in [0.2, 0.25) is 0 Å². The largest absolute Gasteiger partial charge is 0.504 e. The third-order valence-electron chi connectivity index (χ3n) is 3.73. The Morgan fingerprint density at radius 3 is 2.42 bits per heavy atom. The summed E-state index contributed by atoms with van der Waals surface area (Å²) in [5, 5.41) is 28.6. The predicted octanol–water partition coefficient (Wildman–Crippen LogP) is 3.12. The van der Waals surface area contributed by atoms with Crippen LogP contribution < -0.4 is 0 Å². The minimum atomic E-state index is -1.22. The fourth-order valence-electron chi connectivity index (χ4n) is 2.52. The molecule has 0 radical (unpaired) electrons. The van der Waals surface area contributed by atoms with Gasteiger partial charge in [-0.2, -0.15) is 0 Å². The smallest absolute Gasteiger partial charge is 0.331 e. The van der Waals surface area contributed by atoms with Gasteiger partial charge in [0.05, 0.1) is 4.91 Å². The highest BCUT2D eigenvalue weighted by molar-refractivity contribution is 8.26. The van der Waals surface area contributed by atoms with Gasteiger partial charge in [0.15, 0.2) is 17.5 Å². The molecule has 0 aromatic heterocycles. The number of benzene rings is 2. The first-order valence-corrected chi connectivity index (χ1v) is 8.68. The van der Waals surface area contributed by atoms with Gasteiger partial charge in [-0.1, -0.05) is 60.4 Å². The number of nitrogens with zero attached hydrogens (tertiary/aromatic N) is 1. The SMILES string of the molecule is O=C(O)[C@H](c1ccccc1)N1C(=O)/C(=C\c2ccc(O)c(O)c2)SC1=S. The number of aliphatic carboxylic acids is 1. The van der Waals surface area contributed by atoms with Crippen LogP contribution in [0.2, 0.25) is 0 Å². The summed E-state index contributed by atoms with van der Waals surface area (Å²) in [6.07, 6.45) is 1.49. The zero-order valence-electron chi connectivity index (χ0n) is 13.2. The number of phenolic OH excluding ortho intramolecular Hbond substituents is 2. The van der Waals surface area contributed by atoms with E-state index in [9.17, 15) is 24.9 Å². The second-order valence-corrected chi connectivity index (χ2v) is 7.13. The Kier molecular flexibility index (Phi) is 4.97. The summed E-state index contributed by atoms with van der Waals surface area (Å²) in [5.74, 6) is -2.30. The molecule has 1 atom stereocenters. The van der Waals surface area contributed by atoms with E-state index in [-0.39, 0.29) is 20.7 Å². The maximum absolute atomic E-state index is 12.8. The van der Waals surface area contributed by atoms with Crippen LogP contribution in [-0.2, 0) is 9.59 Å². The van der Waals surface area contributed by atoms with Crippen molar-refractivity contribution in [3.05, 3.63) is 64.6 Å². The van der Waals surface area contributed by atoms with Crippen LogP contribution in [-0.4, -0.2) is 36.4 Å². The fourth-order valence-corrected chi connectivity index (χ4v) is 3.83. The van der Waals surface area contributed by atoms with E-state index >= 15 is 0 Å². The summed E-state index contributed by atoms with van der Waals surface area (Å²) in [7, 11) is 0. The summed E-state index contributed by atoms with van der Waals surface area (Å²) in [6.45, 7) is 0. The Hall–Kier alpha value is -2.84. The van der Waals surface area contributed by atoms with Gasteiger partial charge < -0.3 is 15.3 Å². The van der Waals surface area contributed by atoms with Gasteiger partial charge in [-0.15, -0.1) is 0 Å². The van der Waals surface area contributed by atoms with Gasteiger partial charge in [-0.3, -0.25) is 9.69 Å². The molecule has 1 aliphatic heterocycles. The number of carbonyl (C=O) groups excluding carboxylic acids is 1. The molecule has 8 heteroatoms. The number of thiocarbonyl (C=S) groups is 1. The second-order valence-electron chi connectivity index (χ2n) is 5.45. The number of amides is 1. The molecule has 1 saturated heterocycles. The number of carboxylic acid groups (broad SMARTS) is 1. The molecule has 0 saturated carbocycles. The van der Waals surface area contributed by atoms with Crippen LogP contribution in [0.3, 0.4) is 0 Å². The topological polar surface area (TPSA) is 98.1 Å². The molecule has 3 rings (SSSR count). The number of hydrogen-bond acceptors (Lipinski definition) is 6. The van der Waals surface area contributed by atoms with Crippen molar-refractivity contribution in [3.63, 3.8) is 0 Å². The number of phenols is 2. The summed E-state index contributed by atoms with van der Waals surface area (Å²) >= 11 is 6.22. The number of carboxylic acids is 1. The van der Waals surface area contributed by atoms with Crippen molar-refractivity contribution in [1.29, 1.82) is 0 Å². The van der Waals surface area contributed by atoms with E-state index in [1.54, 1.807) is 30.3 Å². The van der Waals surface area contributed by atoms with E-state index in [0.717, 1.165) is 16.7 Å². The standard InChI is InChI=1S/C18H13NO5S2/c20-12-7-6-10(8-13(12)21)9-14-16(22)19(18(25)26-14)15(17(23)24)11-4-2-1-3-5-11/h1-9,15,20-21H,(H,23,24)/b14-9+/t15-/m0/s1. The molecule has 132 valence electrons. The average molecular weight is 387 g/mol. The van der Waals surface area contributed by atoms with E-state index in [2.05, 4.69) is 0 Å². The van der Waals surface area contributed by atoms with E-state index in [1.807, 2.05) is 0 Å². The molecule has 6 nitrogen and oxygen atoms in total. The fraction of sp³-hybridized carbons (Fsp3) is 0.0556. The number of carbonyl (C=O) groups is 2. The van der Waals surface area contributed by atoms with Crippen molar-refractivity contribution in [2.24, 2.45) is 0 Å². The highest BCUT2D eigenvalue weighted by Gasteiger charge is 2.41. The van der Waals surface area contributed by atoms with Crippen molar-refractivity contribution in [1.82, 2.24) is 4.90 Å². The number of rotatable bonds is 4. The van der Waals surface area contributed by atoms with Gasteiger partial charge in [-0.25, -0.2) is 4.79 Å². The molecule has 3 N–H and O–H groups in total. The molecule has 0 unspecified atom stereocenters. The van der Waals surface area contributed by atoms with Crippen LogP contribution in [0.15, 0.2) is 53.4 Å². The van der Waals surface area contributed by atoms with E-state index in [1.165, 1.54) is 24.3 Å². The third-order valence-corrected chi connectivity index (χ3v) is 5.06. The molecule has 1 fully saturated rings. The summed E-state index contributed by atoms with van der Waals surface area (Å²) in [6, 6.07) is 11.3.